The summed E-state index contributed by atoms with van der Waals surface area (Å²) in [5, 5.41) is 2.68. The van der Waals surface area contributed by atoms with E-state index in [1.807, 2.05) is 0 Å². The Morgan fingerprint density at radius 1 is 0.958 bits per heavy atom. The minimum Gasteiger partial charge on any atom is -0.497 e. The highest BCUT2D eigenvalue weighted by Crippen LogP contribution is 2.23. The first kappa shape index (κ1) is 17.3. The highest BCUT2D eigenvalue weighted by molar-refractivity contribution is 5.98. The molecule has 6 heteroatoms. The van der Waals surface area contributed by atoms with E-state index in [1.54, 1.807) is 48.5 Å². The van der Waals surface area contributed by atoms with Gasteiger partial charge in [0.2, 0.25) is 0 Å². The molecule has 126 valence electrons. The van der Waals surface area contributed by atoms with Crippen molar-refractivity contribution in [1.29, 1.82) is 0 Å². The zero-order chi connectivity index (χ0) is 17.5. The maximum atomic E-state index is 12.2. The molecule has 2 aromatic rings. The molecular weight excluding hydrogens is 310 g/mol. The monoisotopic (exact) mass is 329 g/mol. The number of benzene rings is 2. The largest absolute Gasteiger partial charge is 0.497 e. The van der Waals surface area contributed by atoms with Crippen LogP contribution in [0.25, 0.3) is 0 Å². The van der Waals surface area contributed by atoms with Crippen molar-refractivity contribution in [1.82, 2.24) is 0 Å². The molecule has 1 N–H and O–H groups in total. The SMILES string of the molecule is COc1ccc(C(=O)O[C@@H](C)C(=O)Nc2ccccc2OC)cc1. The molecule has 0 radical (unpaired) electrons. The van der Waals surface area contributed by atoms with Gasteiger partial charge in [0.25, 0.3) is 5.91 Å². The summed E-state index contributed by atoms with van der Waals surface area (Å²) < 4.78 is 15.4. The number of amides is 1. The van der Waals surface area contributed by atoms with Crippen LogP contribution in [0.15, 0.2) is 48.5 Å². The molecule has 0 aliphatic heterocycles. The molecule has 0 aromatic heterocycles. The molecule has 24 heavy (non-hydrogen) atoms. The van der Waals surface area contributed by atoms with E-state index in [0.29, 0.717) is 22.7 Å². The van der Waals surface area contributed by atoms with E-state index in [0.717, 1.165) is 0 Å². The fraction of sp³-hybridized carbons (Fsp3) is 0.222. The van der Waals surface area contributed by atoms with Gasteiger partial charge in [-0.15, -0.1) is 0 Å². The van der Waals surface area contributed by atoms with Crippen LogP contribution in [0, 0.1) is 0 Å². The lowest BCUT2D eigenvalue weighted by Gasteiger charge is -2.15. The first-order chi connectivity index (χ1) is 11.5. The summed E-state index contributed by atoms with van der Waals surface area (Å²) in [6.07, 6.45) is -0.954. The van der Waals surface area contributed by atoms with E-state index < -0.39 is 18.0 Å². The predicted octanol–water partition coefficient (Wildman–Crippen LogP) is 2.89. The van der Waals surface area contributed by atoms with Crippen molar-refractivity contribution in [2.75, 3.05) is 19.5 Å². The van der Waals surface area contributed by atoms with Crippen LogP contribution in [0.3, 0.4) is 0 Å². The summed E-state index contributed by atoms with van der Waals surface area (Å²) in [5.41, 5.74) is 0.852. The third-order valence-corrected chi connectivity index (χ3v) is 3.34. The molecule has 0 bridgehead atoms. The van der Waals surface area contributed by atoms with Crippen LogP contribution in [0.2, 0.25) is 0 Å². The number of rotatable bonds is 6. The zero-order valence-corrected chi connectivity index (χ0v) is 13.7. The lowest BCUT2D eigenvalue weighted by Crippen LogP contribution is -2.30. The Morgan fingerprint density at radius 3 is 2.25 bits per heavy atom. The standard InChI is InChI=1S/C18H19NO5/c1-12(17(20)19-15-6-4-5-7-16(15)23-3)24-18(21)13-8-10-14(22-2)11-9-13/h4-12H,1-3H3,(H,19,20)/t12-/m0/s1. The third kappa shape index (κ3) is 4.25. The van der Waals surface area contributed by atoms with Gasteiger partial charge in [0, 0.05) is 0 Å². The molecule has 1 atom stereocenters. The van der Waals surface area contributed by atoms with Crippen molar-refractivity contribution in [3.05, 3.63) is 54.1 Å². The molecule has 0 aliphatic rings. The topological polar surface area (TPSA) is 73.9 Å². The molecule has 0 unspecified atom stereocenters. The van der Waals surface area contributed by atoms with E-state index >= 15 is 0 Å². The minimum absolute atomic E-state index is 0.341. The van der Waals surface area contributed by atoms with Crippen LogP contribution in [0.1, 0.15) is 17.3 Å². The quantitative estimate of drug-likeness (QED) is 0.825. The molecule has 0 saturated carbocycles. The van der Waals surface area contributed by atoms with E-state index in [4.69, 9.17) is 14.2 Å². The molecule has 0 heterocycles. The summed E-state index contributed by atoms with van der Waals surface area (Å²) in [5.74, 6) is 0.134. The van der Waals surface area contributed by atoms with Gasteiger partial charge in [-0.2, -0.15) is 0 Å². The second-order valence-corrected chi connectivity index (χ2v) is 4.97. The maximum Gasteiger partial charge on any atom is 0.338 e. The lowest BCUT2D eigenvalue weighted by atomic mass is 10.2. The van der Waals surface area contributed by atoms with Crippen LogP contribution in [-0.4, -0.2) is 32.2 Å². The summed E-state index contributed by atoms with van der Waals surface area (Å²) in [6, 6.07) is 13.4. The summed E-state index contributed by atoms with van der Waals surface area (Å²) >= 11 is 0. The first-order valence-corrected chi connectivity index (χ1v) is 7.34. The Morgan fingerprint density at radius 2 is 1.62 bits per heavy atom. The van der Waals surface area contributed by atoms with Gasteiger partial charge < -0.3 is 19.5 Å². The second-order valence-electron chi connectivity index (χ2n) is 4.97. The third-order valence-electron chi connectivity index (χ3n) is 3.34. The van der Waals surface area contributed by atoms with Crippen LogP contribution in [0.5, 0.6) is 11.5 Å². The highest BCUT2D eigenvalue weighted by atomic mass is 16.5. The Kier molecular flexibility index (Phi) is 5.78. The number of carbonyl (C=O) groups excluding carboxylic acids is 2. The average Bonchev–Trinajstić information content (AvgIpc) is 2.62. The van der Waals surface area contributed by atoms with Crippen molar-refractivity contribution in [3.8, 4) is 11.5 Å². The fourth-order valence-corrected chi connectivity index (χ4v) is 1.99. The lowest BCUT2D eigenvalue weighted by molar-refractivity contribution is -0.123. The number of hydrogen-bond donors (Lipinski definition) is 1. The zero-order valence-electron chi connectivity index (χ0n) is 13.7. The number of para-hydroxylation sites is 2. The fourth-order valence-electron chi connectivity index (χ4n) is 1.99. The molecule has 1 amide bonds. The van der Waals surface area contributed by atoms with E-state index in [1.165, 1.54) is 21.1 Å². The van der Waals surface area contributed by atoms with Gasteiger partial charge in [-0.05, 0) is 43.3 Å². The highest BCUT2D eigenvalue weighted by Gasteiger charge is 2.20. The smallest absolute Gasteiger partial charge is 0.338 e. The Labute approximate surface area is 140 Å². The van der Waals surface area contributed by atoms with Gasteiger partial charge in [0.15, 0.2) is 6.10 Å². The maximum absolute atomic E-state index is 12.2. The van der Waals surface area contributed by atoms with Crippen molar-refractivity contribution >= 4 is 17.6 Å². The predicted molar refractivity (Wildman–Crippen MR) is 89.5 cm³/mol. The minimum atomic E-state index is -0.954. The van der Waals surface area contributed by atoms with Gasteiger partial charge in [-0.3, -0.25) is 4.79 Å². The van der Waals surface area contributed by atoms with Crippen molar-refractivity contribution in [3.63, 3.8) is 0 Å². The van der Waals surface area contributed by atoms with Gasteiger partial charge in [-0.1, -0.05) is 12.1 Å². The Balaban J connectivity index is 1.98. The number of anilines is 1. The molecule has 2 rings (SSSR count). The van der Waals surface area contributed by atoms with Crippen LogP contribution < -0.4 is 14.8 Å². The molecule has 2 aromatic carbocycles. The van der Waals surface area contributed by atoms with Crippen molar-refractivity contribution < 1.29 is 23.8 Å². The van der Waals surface area contributed by atoms with Gasteiger partial charge in [0.05, 0.1) is 25.5 Å². The number of carbonyl (C=O) groups is 2. The van der Waals surface area contributed by atoms with Crippen LogP contribution in [-0.2, 0) is 9.53 Å². The number of hydrogen-bond acceptors (Lipinski definition) is 5. The second kappa shape index (κ2) is 8.01. The van der Waals surface area contributed by atoms with Crippen LogP contribution >= 0.6 is 0 Å². The molecule has 0 spiro atoms. The van der Waals surface area contributed by atoms with Gasteiger partial charge >= 0.3 is 5.97 Å². The van der Waals surface area contributed by atoms with Crippen molar-refractivity contribution in [2.24, 2.45) is 0 Å². The van der Waals surface area contributed by atoms with Gasteiger partial charge in [-0.25, -0.2) is 4.79 Å². The molecule has 0 aliphatic carbocycles. The number of esters is 1. The molecule has 0 fully saturated rings. The molecular formula is C18H19NO5. The number of nitrogens with one attached hydrogen (secondary N) is 1. The molecule has 0 saturated heterocycles. The summed E-state index contributed by atoms with van der Waals surface area (Å²) in [4.78, 5) is 24.3. The average molecular weight is 329 g/mol. The summed E-state index contributed by atoms with van der Waals surface area (Å²) in [7, 11) is 3.05. The van der Waals surface area contributed by atoms with Crippen molar-refractivity contribution in [2.45, 2.75) is 13.0 Å². The number of methoxy groups -OCH3 is 2. The molecule has 6 nitrogen and oxygen atoms in total. The van der Waals surface area contributed by atoms with E-state index in [2.05, 4.69) is 5.32 Å². The first-order valence-electron chi connectivity index (χ1n) is 7.34. The summed E-state index contributed by atoms with van der Waals surface area (Å²) in [6.45, 7) is 1.51. The van der Waals surface area contributed by atoms with Gasteiger partial charge in [0.1, 0.15) is 11.5 Å². The normalized spacial score (nSPS) is 11.3. The van der Waals surface area contributed by atoms with E-state index in [-0.39, 0.29) is 0 Å². The Hall–Kier alpha value is -3.02. The number of ether oxygens (including phenoxy) is 3. The van der Waals surface area contributed by atoms with E-state index in [9.17, 15) is 9.59 Å². The van der Waals surface area contributed by atoms with Crippen LogP contribution in [0.4, 0.5) is 5.69 Å². The Bertz CT molecular complexity index is 712.